The summed E-state index contributed by atoms with van der Waals surface area (Å²) in [5.74, 6) is -1.09. The van der Waals surface area contributed by atoms with Crippen LogP contribution in [0.4, 0.5) is 18.9 Å². The summed E-state index contributed by atoms with van der Waals surface area (Å²) in [4.78, 5) is 12.2. The molecule has 116 valence electrons. The van der Waals surface area contributed by atoms with Gasteiger partial charge in [0.25, 0.3) is 0 Å². The van der Waals surface area contributed by atoms with Gasteiger partial charge in [-0.2, -0.15) is 13.2 Å². The van der Waals surface area contributed by atoms with Crippen molar-refractivity contribution < 1.29 is 23.1 Å². The zero-order valence-corrected chi connectivity index (χ0v) is 11.5. The van der Waals surface area contributed by atoms with Gasteiger partial charge >= 0.3 is 6.18 Å². The van der Waals surface area contributed by atoms with E-state index in [2.05, 4.69) is 10.6 Å². The summed E-state index contributed by atoms with van der Waals surface area (Å²) in [6, 6.07) is 6.28. The molecule has 2 atom stereocenters. The standard InChI is InChI=1S/C14H17F3N2O2/c1-9(20)10-4-2-3-5-11(10)19-12(21)13(14(15,16)17)6-7-18-8-13/h2-5,9,18,20H,6-8H2,1H3,(H,19,21). The van der Waals surface area contributed by atoms with Crippen LogP contribution in [0.5, 0.6) is 0 Å². The lowest BCUT2D eigenvalue weighted by Gasteiger charge is -2.29. The highest BCUT2D eigenvalue weighted by Gasteiger charge is 2.61. The van der Waals surface area contributed by atoms with E-state index < -0.39 is 30.1 Å². The van der Waals surface area contributed by atoms with Crippen molar-refractivity contribution in [2.24, 2.45) is 5.41 Å². The number of carbonyl (C=O) groups is 1. The van der Waals surface area contributed by atoms with Crippen LogP contribution in [0.15, 0.2) is 24.3 Å². The number of hydrogen-bond acceptors (Lipinski definition) is 3. The van der Waals surface area contributed by atoms with Crippen molar-refractivity contribution in [2.75, 3.05) is 18.4 Å². The van der Waals surface area contributed by atoms with Crippen LogP contribution < -0.4 is 10.6 Å². The number of benzene rings is 1. The molecule has 1 fully saturated rings. The highest BCUT2D eigenvalue weighted by atomic mass is 19.4. The first-order valence-corrected chi connectivity index (χ1v) is 6.64. The van der Waals surface area contributed by atoms with Gasteiger partial charge in [-0.15, -0.1) is 0 Å². The molecule has 1 aromatic rings. The second-order valence-electron chi connectivity index (χ2n) is 5.22. The quantitative estimate of drug-likeness (QED) is 0.802. The molecule has 4 nitrogen and oxygen atoms in total. The van der Waals surface area contributed by atoms with Crippen LogP contribution in [0.25, 0.3) is 0 Å². The Labute approximate surface area is 120 Å². The molecule has 7 heteroatoms. The number of nitrogens with one attached hydrogen (secondary N) is 2. The fourth-order valence-electron chi connectivity index (χ4n) is 2.47. The van der Waals surface area contributed by atoms with Gasteiger partial charge in [0, 0.05) is 17.8 Å². The van der Waals surface area contributed by atoms with E-state index in [4.69, 9.17) is 0 Å². The SMILES string of the molecule is CC(O)c1ccccc1NC(=O)C1(C(F)(F)F)CCNC1. The number of para-hydroxylation sites is 1. The number of anilines is 1. The Morgan fingerprint density at radius 2 is 2.10 bits per heavy atom. The molecule has 2 rings (SSSR count). The van der Waals surface area contributed by atoms with Crippen LogP contribution in [0.1, 0.15) is 25.0 Å². The molecule has 1 aliphatic heterocycles. The van der Waals surface area contributed by atoms with Gasteiger partial charge in [-0.3, -0.25) is 4.79 Å². The van der Waals surface area contributed by atoms with Crippen molar-refractivity contribution in [3.05, 3.63) is 29.8 Å². The van der Waals surface area contributed by atoms with Crippen molar-refractivity contribution in [2.45, 2.75) is 25.6 Å². The fourth-order valence-corrected chi connectivity index (χ4v) is 2.47. The minimum atomic E-state index is -4.62. The Balaban J connectivity index is 2.29. The lowest BCUT2D eigenvalue weighted by Crippen LogP contribution is -2.49. The average molecular weight is 302 g/mol. The lowest BCUT2D eigenvalue weighted by molar-refractivity contribution is -0.213. The maximum absolute atomic E-state index is 13.3. The minimum Gasteiger partial charge on any atom is -0.389 e. The van der Waals surface area contributed by atoms with Crippen LogP contribution in [-0.2, 0) is 4.79 Å². The largest absolute Gasteiger partial charge is 0.404 e. The van der Waals surface area contributed by atoms with E-state index in [0.29, 0.717) is 5.56 Å². The molecule has 1 aromatic carbocycles. The van der Waals surface area contributed by atoms with Gasteiger partial charge < -0.3 is 15.7 Å². The first-order valence-electron chi connectivity index (χ1n) is 6.64. The molecular formula is C14H17F3N2O2. The van der Waals surface area contributed by atoms with E-state index in [9.17, 15) is 23.1 Å². The number of rotatable bonds is 3. The summed E-state index contributed by atoms with van der Waals surface area (Å²) in [7, 11) is 0. The predicted molar refractivity (Wildman–Crippen MR) is 71.7 cm³/mol. The molecule has 0 aromatic heterocycles. The molecule has 3 N–H and O–H groups in total. The van der Waals surface area contributed by atoms with Crippen LogP contribution in [-0.4, -0.2) is 30.3 Å². The van der Waals surface area contributed by atoms with Crippen molar-refractivity contribution in [3.8, 4) is 0 Å². The normalized spacial score (nSPS) is 23.9. The molecule has 0 radical (unpaired) electrons. The van der Waals surface area contributed by atoms with E-state index >= 15 is 0 Å². The first-order chi connectivity index (χ1) is 9.78. The number of aliphatic hydroxyl groups excluding tert-OH is 1. The molecule has 21 heavy (non-hydrogen) atoms. The van der Waals surface area contributed by atoms with Crippen molar-refractivity contribution in [1.82, 2.24) is 5.32 Å². The zero-order chi connectivity index (χ0) is 15.7. The van der Waals surface area contributed by atoms with Gasteiger partial charge in [-0.25, -0.2) is 0 Å². The van der Waals surface area contributed by atoms with E-state index in [1.54, 1.807) is 18.2 Å². The number of carbonyl (C=O) groups excluding carboxylic acids is 1. The number of halogens is 3. The first kappa shape index (κ1) is 15.8. The van der Waals surface area contributed by atoms with Gasteiger partial charge in [-0.05, 0) is 26.0 Å². The summed E-state index contributed by atoms with van der Waals surface area (Å²) >= 11 is 0. The molecule has 1 heterocycles. The van der Waals surface area contributed by atoms with Crippen LogP contribution in [0.3, 0.4) is 0 Å². The topological polar surface area (TPSA) is 61.4 Å². The smallest absolute Gasteiger partial charge is 0.389 e. The van der Waals surface area contributed by atoms with Gasteiger partial charge in [0.15, 0.2) is 5.41 Å². The van der Waals surface area contributed by atoms with Crippen LogP contribution >= 0.6 is 0 Å². The number of hydrogen-bond donors (Lipinski definition) is 3. The van der Waals surface area contributed by atoms with Gasteiger partial charge in [-0.1, -0.05) is 18.2 Å². The van der Waals surface area contributed by atoms with E-state index in [0.717, 1.165) is 0 Å². The zero-order valence-electron chi connectivity index (χ0n) is 11.5. The molecule has 1 aliphatic rings. The maximum atomic E-state index is 13.3. The number of alkyl halides is 3. The molecular weight excluding hydrogens is 285 g/mol. The predicted octanol–water partition coefficient (Wildman–Crippen LogP) is 2.22. The third kappa shape index (κ3) is 2.89. The molecule has 0 bridgehead atoms. The second kappa shape index (κ2) is 5.65. The highest BCUT2D eigenvalue weighted by Crippen LogP contribution is 2.44. The fraction of sp³-hybridized carbons (Fsp3) is 0.500. The number of aliphatic hydroxyl groups is 1. The minimum absolute atomic E-state index is 0.144. The molecule has 0 saturated carbocycles. The average Bonchev–Trinajstić information content (AvgIpc) is 2.89. The number of amides is 1. The van der Waals surface area contributed by atoms with E-state index in [1.165, 1.54) is 13.0 Å². The summed E-state index contributed by atoms with van der Waals surface area (Å²) in [5.41, 5.74) is -1.83. The molecule has 0 spiro atoms. The summed E-state index contributed by atoms with van der Waals surface area (Å²) in [6.45, 7) is 1.20. The Morgan fingerprint density at radius 3 is 2.62 bits per heavy atom. The Kier molecular flexibility index (Phi) is 4.25. The Bertz CT molecular complexity index is 523. The molecule has 1 amide bonds. The molecule has 0 aliphatic carbocycles. The lowest BCUT2D eigenvalue weighted by atomic mass is 9.85. The Morgan fingerprint density at radius 1 is 1.43 bits per heavy atom. The van der Waals surface area contributed by atoms with Crippen LogP contribution in [0.2, 0.25) is 0 Å². The van der Waals surface area contributed by atoms with Crippen molar-refractivity contribution in [1.29, 1.82) is 0 Å². The van der Waals surface area contributed by atoms with Gasteiger partial charge in [0.05, 0.1) is 6.10 Å². The van der Waals surface area contributed by atoms with Gasteiger partial charge in [0.2, 0.25) is 5.91 Å². The Hall–Kier alpha value is -1.60. The summed E-state index contributed by atoms with van der Waals surface area (Å²) in [6.07, 6.45) is -5.80. The summed E-state index contributed by atoms with van der Waals surface area (Å²) in [5, 5.41) is 14.5. The van der Waals surface area contributed by atoms with E-state index in [-0.39, 0.29) is 18.7 Å². The molecule has 1 saturated heterocycles. The molecule has 2 unspecified atom stereocenters. The van der Waals surface area contributed by atoms with Crippen LogP contribution in [0, 0.1) is 5.41 Å². The third-order valence-electron chi connectivity index (χ3n) is 3.79. The van der Waals surface area contributed by atoms with E-state index in [1.807, 2.05) is 0 Å². The van der Waals surface area contributed by atoms with Gasteiger partial charge in [0.1, 0.15) is 0 Å². The third-order valence-corrected chi connectivity index (χ3v) is 3.79. The van der Waals surface area contributed by atoms with Crippen molar-refractivity contribution in [3.63, 3.8) is 0 Å². The highest BCUT2D eigenvalue weighted by molar-refractivity contribution is 5.97. The van der Waals surface area contributed by atoms with Crippen molar-refractivity contribution >= 4 is 11.6 Å². The second-order valence-corrected chi connectivity index (χ2v) is 5.22. The summed E-state index contributed by atoms with van der Waals surface area (Å²) < 4.78 is 39.8. The monoisotopic (exact) mass is 302 g/mol. The maximum Gasteiger partial charge on any atom is 0.404 e.